The van der Waals surface area contributed by atoms with Crippen molar-refractivity contribution in [1.82, 2.24) is 10.6 Å². The zero-order chi connectivity index (χ0) is 15.3. The topological polar surface area (TPSA) is 87.4 Å². The van der Waals surface area contributed by atoms with E-state index < -0.39 is 5.54 Å². The second-order valence-electron chi connectivity index (χ2n) is 5.50. The molecular formula is C15H22ClN3O2. The first kappa shape index (κ1) is 16.2. The van der Waals surface area contributed by atoms with E-state index >= 15 is 0 Å². The van der Waals surface area contributed by atoms with Crippen molar-refractivity contribution in [2.24, 2.45) is 5.73 Å². The Bertz CT molecular complexity index is 472. The Morgan fingerprint density at radius 2 is 2.00 bits per heavy atom. The van der Waals surface area contributed by atoms with Gasteiger partial charge >= 0.3 is 0 Å². The molecule has 21 heavy (non-hydrogen) atoms. The molecule has 2 rings (SSSR count). The van der Waals surface area contributed by atoms with Gasteiger partial charge in [0.2, 0.25) is 5.91 Å². The van der Waals surface area contributed by atoms with E-state index in [1.807, 2.05) is 12.1 Å². The van der Waals surface area contributed by atoms with Gasteiger partial charge in [-0.1, -0.05) is 23.7 Å². The third-order valence-corrected chi connectivity index (χ3v) is 4.20. The van der Waals surface area contributed by atoms with E-state index in [1.165, 1.54) is 0 Å². The summed E-state index contributed by atoms with van der Waals surface area (Å²) < 4.78 is 0. The highest BCUT2D eigenvalue weighted by Crippen LogP contribution is 2.22. The number of aliphatic hydroxyl groups excluding tert-OH is 1. The highest BCUT2D eigenvalue weighted by molar-refractivity contribution is 6.30. The van der Waals surface area contributed by atoms with Gasteiger partial charge in [-0.15, -0.1) is 0 Å². The summed E-state index contributed by atoms with van der Waals surface area (Å²) in [5.74, 6) is -0.155. The van der Waals surface area contributed by atoms with E-state index in [-0.39, 0.29) is 18.6 Å². The van der Waals surface area contributed by atoms with Gasteiger partial charge in [0.1, 0.15) is 0 Å². The Hall–Kier alpha value is -1.14. The monoisotopic (exact) mass is 311 g/mol. The Labute approximate surface area is 129 Å². The zero-order valence-corrected chi connectivity index (χ0v) is 12.7. The first-order valence-electron chi connectivity index (χ1n) is 7.22. The lowest BCUT2D eigenvalue weighted by Crippen LogP contribution is -2.59. The first-order chi connectivity index (χ1) is 10.0. The molecule has 1 aromatic rings. The molecule has 0 bridgehead atoms. The number of halogens is 1. The number of carbonyl (C=O) groups is 1. The standard InChI is InChI=1S/C15H22ClN3O2/c16-12-3-1-11(2-4-12)13(5-10-20)19-14(21)15(17)6-8-18-9-7-15/h1-4,13,18,20H,5-10,17H2,(H,19,21). The van der Waals surface area contributed by atoms with Crippen LogP contribution in [0.15, 0.2) is 24.3 Å². The molecular weight excluding hydrogens is 290 g/mol. The number of piperidine rings is 1. The third-order valence-electron chi connectivity index (χ3n) is 3.94. The number of nitrogens with one attached hydrogen (secondary N) is 2. The molecule has 6 heteroatoms. The maximum Gasteiger partial charge on any atom is 0.240 e. The largest absolute Gasteiger partial charge is 0.396 e. The van der Waals surface area contributed by atoms with Crippen molar-refractivity contribution < 1.29 is 9.90 Å². The number of aliphatic hydroxyl groups is 1. The number of amides is 1. The molecule has 1 fully saturated rings. The molecule has 0 spiro atoms. The van der Waals surface area contributed by atoms with E-state index in [1.54, 1.807) is 12.1 Å². The van der Waals surface area contributed by atoms with Gasteiger partial charge < -0.3 is 21.5 Å². The molecule has 0 aliphatic carbocycles. The molecule has 1 heterocycles. The minimum absolute atomic E-state index is 0.00724. The molecule has 0 saturated carbocycles. The highest BCUT2D eigenvalue weighted by atomic mass is 35.5. The lowest BCUT2D eigenvalue weighted by atomic mass is 9.88. The Kier molecular flexibility index (Phi) is 5.58. The van der Waals surface area contributed by atoms with Crippen molar-refractivity contribution in [3.63, 3.8) is 0 Å². The molecule has 1 atom stereocenters. The second-order valence-corrected chi connectivity index (χ2v) is 5.93. The van der Waals surface area contributed by atoms with Crippen LogP contribution in [0.2, 0.25) is 5.02 Å². The van der Waals surface area contributed by atoms with E-state index in [2.05, 4.69) is 10.6 Å². The van der Waals surface area contributed by atoms with Gasteiger partial charge in [-0.2, -0.15) is 0 Å². The van der Waals surface area contributed by atoms with Gasteiger partial charge in [0, 0.05) is 11.6 Å². The van der Waals surface area contributed by atoms with Gasteiger partial charge in [0.05, 0.1) is 11.6 Å². The van der Waals surface area contributed by atoms with Crippen LogP contribution in [0.5, 0.6) is 0 Å². The maximum atomic E-state index is 12.5. The summed E-state index contributed by atoms with van der Waals surface area (Å²) in [5.41, 5.74) is 6.30. The molecule has 1 aliphatic rings. The molecule has 1 amide bonds. The quantitative estimate of drug-likeness (QED) is 0.652. The molecule has 1 unspecified atom stereocenters. The molecule has 1 saturated heterocycles. The first-order valence-corrected chi connectivity index (χ1v) is 7.60. The Balaban J connectivity index is 2.08. The molecule has 116 valence electrons. The van der Waals surface area contributed by atoms with E-state index in [0.717, 1.165) is 18.7 Å². The number of rotatable bonds is 5. The molecule has 5 N–H and O–H groups in total. The average Bonchev–Trinajstić information content (AvgIpc) is 2.48. The molecule has 0 radical (unpaired) electrons. The van der Waals surface area contributed by atoms with Crippen molar-refractivity contribution in [3.05, 3.63) is 34.9 Å². The maximum absolute atomic E-state index is 12.5. The van der Waals surface area contributed by atoms with Crippen LogP contribution in [-0.2, 0) is 4.79 Å². The lowest BCUT2D eigenvalue weighted by Gasteiger charge is -2.34. The van der Waals surface area contributed by atoms with Crippen LogP contribution in [0.25, 0.3) is 0 Å². The van der Waals surface area contributed by atoms with Gasteiger partial charge in [-0.25, -0.2) is 0 Å². The van der Waals surface area contributed by atoms with Crippen LogP contribution >= 0.6 is 11.6 Å². The van der Waals surface area contributed by atoms with E-state index in [4.69, 9.17) is 17.3 Å². The summed E-state index contributed by atoms with van der Waals surface area (Å²) in [5, 5.41) is 16.0. The smallest absolute Gasteiger partial charge is 0.240 e. The average molecular weight is 312 g/mol. The van der Waals surface area contributed by atoms with Crippen molar-refractivity contribution in [2.75, 3.05) is 19.7 Å². The van der Waals surface area contributed by atoms with Crippen LogP contribution in [0.1, 0.15) is 30.9 Å². The number of nitrogens with two attached hydrogens (primary N) is 1. The molecule has 5 nitrogen and oxygen atoms in total. The predicted octanol–water partition coefficient (Wildman–Crippen LogP) is 0.961. The van der Waals surface area contributed by atoms with E-state index in [9.17, 15) is 9.90 Å². The fourth-order valence-electron chi connectivity index (χ4n) is 2.55. The van der Waals surface area contributed by atoms with E-state index in [0.29, 0.717) is 24.3 Å². The van der Waals surface area contributed by atoms with Crippen molar-refractivity contribution >= 4 is 17.5 Å². The van der Waals surface area contributed by atoms with Crippen LogP contribution in [0.4, 0.5) is 0 Å². The van der Waals surface area contributed by atoms with Crippen molar-refractivity contribution in [3.8, 4) is 0 Å². The summed E-state index contributed by atoms with van der Waals surface area (Å²) in [7, 11) is 0. The summed E-state index contributed by atoms with van der Waals surface area (Å²) in [6.07, 6.45) is 1.68. The van der Waals surface area contributed by atoms with Crippen LogP contribution in [-0.4, -0.2) is 36.2 Å². The molecule has 1 aliphatic heterocycles. The van der Waals surface area contributed by atoms with Gasteiger partial charge in [0.15, 0.2) is 0 Å². The highest BCUT2D eigenvalue weighted by Gasteiger charge is 2.36. The third kappa shape index (κ3) is 4.17. The number of carbonyl (C=O) groups excluding carboxylic acids is 1. The minimum atomic E-state index is -0.828. The van der Waals surface area contributed by atoms with Crippen molar-refractivity contribution in [1.29, 1.82) is 0 Å². The SMILES string of the molecule is NC1(C(=O)NC(CCO)c2ccc(Cl)cc2)CCNCC1. The van der Waals surface area contributed by atoms with Gasteiger partial charge in [-0.05, 0) is 50.0 Å². The fourth-order valence-corrected chi connectivity index (χ4v) is 2.67. The van der Waals surface area contributed by atoms with Crippen LogP contribution in [0.3, 0.4) is 0 Å². The second kappa shape index (κ2) is 7.22. The summed E-state index contributed by atoms with van der Waals surface area (Å²) in [6, 6.07) is 7.00. The molecule has 0 aromatic heterocycles. The summed E-state index contributed by atoms with van der Waals surface area (Å²) in [4.78, 5) is 12.5. The van der Waals surface area contributed by atoms with Gasteiger partial charge in [0.25, 0.3) is 0 Å². The predicted molar refractivity (Wildman–Crippen MR) is 83.1 cm³/mol. The minimum Gasteiger partial charge on any atom is -0.396 e. The summed E-state index contributed by atoms with van der Waals surface area (Å²) in [6.45, 7) is 1.48. The number of hydrogen-bond acceptors (Lipinski definition) is 4. The van der Waals surface area contributed by atoms with Crippen LogP contribution in [0, 0.1) is 0 Å². The Morgan fingerprint density at radius 3 is 2.57 bits per heavy atom. The summed E-state index contributed by atoms with van der Waals surface area (Å²) >= 11 is 5.88. The zero-order valence-electron chi connectivity index (χ0n) is 11.9. The number of hydrogen-bond donors (Lipinski definition) is 4. The normalized spacial score (nSPS) is 19.0. The molecule has 1 aromatic carbocycles. The van der Waals surface area contributed by atoms with Gasteiger partial charge in [-0.3, -0.25) is 4.79 Å². The van der Waals surface area contributed by atoms with Crippen molar-refractivity contribution in [2.45, 2.75) is 30.8 Å². The fraction of sp³-hybridized carbons (Fsp3) is 0.533. The Morgan fingerprint density at radius 1 is 1.38 bits per heavy atom. The lowest BCUT2D eigenvalue weighted by molar-refractivity contribution is -0.128. The number of benzene rings is 1. The van der Waals surface area contributed by atoms with Crippen LogP contribution < -0.4 is 16.4 Å².